The van der Waals surface area contributed by atoms with Gasteiger partial charge in [0.25, 0.3) is 0 Å². The van der Waals surface area contributed by atoms with Gasteiger partial charge in [-0.25, -0.2) is 4.98 Å². The molecule has 118 valence electrons. The molecule has 2 aliphatic rings. The number of aryl methyl sites for hydroxylation is 1. The number of amides is 1. The maximum absolute atomic E-state index is 12.8. The third-order valence-electron chi connectivity index (χ3n) is 4.40. The summed E-state index contributed by atoms with van der Waals surface area (Å²) in [7, 11) is 0. The van der Waals surface area contributed by atoms with Gasteiger partial charge in [0, 0.05) is 10.7 Å². The molecule has 0 radical (unpaired) electrons. The molecule has 23 heavy (non-hydrogen) atoms. The molecule has 6 heteroatoms. The predicted octanol–water partition coefficient (Wildman–Crippen LogP) is 3.55. The van der Waals surface area contributed by atoms with E-state index in [2.05, 4.69) is 26.2 Å². The van der Waals surface area contributed by atoms with Crippen LogP contribution in [-0.4, -0.2) is 17.7 Å². The second-order valence-electron chi connectivity index (χ2n) is 5.92. The summed E-state index contributed by atoms with van der Waals surface area (Å²) in [6.07, 6.45) is 3.35. The van der Waals surface area contributed by atoms with Crippen LogP contribution >= 0.6 is 15.9 Å². The van der Waals surface area contributed by atoms with Crippen LogP contribution in [0.5, 0.6) is 11.5 Å². The predicted molar refractivity (Wildman–Crippen MR) is 88.8 cm³/mol. The highest BCUT2D eigenvalue weighted by Crippen LogP contribution is 2.51. The lowest BCUT2D eigenvalue weighted by molar-refractivity contribution is -0.118. The van der Waals surface area contributed by atoms with E-state index in [9.17, 15) is 4.79 Å². The monoisotopic (exact) mass is 374 g/mol. The molecule has 1 amide bonds. The van der Waals surface area contributed by atoms with Crippen molar-refractivity contribution in [1.29, 1.82) is 0 Å². The molecule has 1 aromatic carbocycles. The van der Waals surface area contributed by atoms with Crippen LogP contribution in [0.25, 0.3) is 0 Å². The minimum Gasteiger partial charge on any atom is -0.454 e. The first-order valence-electron chi connectivity index (χ1n) is 7.42. The summed E-state index contributed by atoms with van der Waals surface area (Å²) in [6, 6.07) is 7.58. The Hall–Kier alpha value is -2.08. The molecule has 1 N–H and O–H groups in total. The number of anilines is 1. The van der Waals surface area contributed by atoms with Crippen molar-refractivity contribution in [3.63, 3.8) is 0 Å². The summed E-state index contributed by atoms with van der Waals surface area (Å²) in [6.45, 7) is 2.20. The number of aromatic nitrogens is 1. The highest BCUT2D eigenvalue weighted by molar-refractivity contribution is 9.10. The first-order valence-corrected chi connectivity index (χ1v) is 8.21. The maximum Gasteiger partial charge on any atom is 0.236 e. The van der Waals surface area contributed by atoms with Crippen LogP contribution in [-0.2, 0) is 10.2 Å². The van der Waals surface area contributed by atoms with E-state index in [4.69, 9.17) is 9.47 Å². The van der Waals surface area contributed by atoms with E-state index in [1.54, 1.807) is 6.20 Å². The number of fused-ring (bicyclic) bond motifs is 1. The number of pyridine rings is 1. The molecule has 5 nitrogen and oxygen atoms in total. The lowest BCUT2D eigenvalue weighted by atomic mass is 9.94. The number of hydrogen-bond donors (Lipinski definition) is 1. The summed E-state index contributed by atoms with van der Waals surface area (Å²) in [4.78, 5) is 17.0. The van der Waals surface area contributed by atoms with Gasteiger partial charge in [-0.05, 0) is 65.0 Å². The van der Waals surface area contributed by atoms with E-state index in [0.717, 1.165) is 34.2 Å². The van der Waals surface area contributed by atoms with Crippen LogP contribution < -0.4 is 14.8 Å². The van der Waals surface area contributed by atoms with Gasteiger partial charge in [-0.3, -0.25) is 4.79 Å². The zero-order valence-corrected chi connectivity index (χ0v) is 14.1. The number of ether oxygens (including phenoxy) is 2. The number of hydrogen-bond acceptors (Lipinski definition) is 4. The molecule has 4 rings (SSSR count). The molecule has 0 spiro atoms. The zero-order chi connectivity index (χ0) is 16.0. The van der Waals surface area contributed by atoms with Gasteiger partial charge >= 0.3 is 0 Å². The lowest BCUT2D eigenvalue weighted by Gasteiger charge is -2.16. The fourth-order valence-corrected chi connectivity index (χ4v) is 3.03. The summed E-state index contributed by atoms with van der Waals surface area (Å²) in [5.41, 5.74) is 1.51. The number of nitrogens with one attached hydrogen (secondary N) is 1. The first-order chi connectivity index (χ1) is 11.1. The average Bonchev–Trinajstić information content (AvgIpc) is 3.22. The first kappa shape index (κ1) is 14.5. The summed E-state index contributed by atoms with van der Waals surface area (Å²) >= 11 is 3.41. The highest BCUT2D eigenvalue weighted by atomic mass is 79.9. The molecule has 0 atom stereocenters. The Balaban J connectivity index is 1.59. The SMILES string of the molecule is Cc1cc(NC(=O)C2(c3ccc4c(c3)OCO4)CC2)ncc1Br. The van der Waals surface area contributed by atoms with Crippen LogP contribution in [0.1, 0.15) is 24.0 Å². The number of benzene rings is 1. The molecule has 0 unspecified atom stereocenters. The van der Waals surface area contributed by atoms with Crippen molar-refractivity contribution >= 4 is 27.7 Å². The molecular weight excluding hydrogens is 360 g/mol. The Kier molecular flexibility index (Phi) is 3.30. The second kappa shape index (κ2) is 5.23. The van der Waals surface area contributed by atoms with Gasteiger partial charge < -0.3 is 14.8 Å². The fourth-order valence-electron chi connectivity index (χ4n) is 2.81. The van der Waals surface area contributed by atoms with Crippen molar-refractivity contribution in [3.8, 4) is 11.5 Å². The Labute approximate surface area is 142 Å². The number of nitrogens with zero attached hydrogens (tertiary/aromatic N) is 1. The third-order valence-corrected chi connectivity index (χ3v) is 5.23. The molecule has 1 fully saturated rings. The molecule has 2 aromatic rings. The molecule has 1 aliphatic carbocycles. The number of rotatable bonds is 3. The van der Waals surface area contributed by atoms with E-state index < -0.39 is 5.41 Å². The standard InChI is InChI=1S/C17H15BrN2O3/c1-10-6-15(19-8-12(10)18)20-16(21)17(4-5-17)11-2-3-13-14(7-11)23-9-22-13/h2-3,6-8H,4-5,9H2,1H3,(H,19,20,21). The Morgan fingerprint density at radius 3 is 2.78 bits per heavy atom. The summed E-state index contributed by atoms with van der Waals surface area (Å²) in [5.74, 6) is 1.99. The number of halogens is 1. The molecule has 0 bridgehead atoms. The minimum atomic E-state index is -0.483. The van der Waals surface area contributed by atoms with E-state index in [1.165, 1.54) is 0 Å². The largest absolute Gasteiger partial charge is 0.454 e. The Morgan fingerprint density at radius 1 is 1.26 bits per heavy atom. The molecular formula is C17H15BrN2O3. The normalized spacial score (nSPS) is 17.0. The van der Waals surface area contributed by atoms with E-state index in [-0.39, 0.29) is 12.7 Å². The van der Waals surface area contributed by atoms with Crippen molar-refractivity contribution in [2.75, 3.05) is 12.1 Å². The molecule has 1 aromatic heterocycles. The average molecular weight is 375 g/mol. The number of carbonyl (C=O) groups is 1. The van der Waals surface area contributed by atoms with Crippen molar-refractivity contribution in [2.24, 2.45) is 0 Å². The Morgan fingerprint density at radius 2 is 2.04 bits per heavy atom. The van der Waals surface area contributed by atoms with Crippen LogP contribution in [0, 0.1) is 6.92 Å². The van der Waals surface area contributed by atoms with Crippen molar-refractivity contribution < 1.29 is 14.3 Å². The topological polar surface area (TPSA) is 60.5 Å². The van der Waals surface area contributed by atoms with Gasteiger partial charge in [0.05, 0.1) is 5.41 Å². The van der Waals surface area contributed by atoms with E-state index in [1.807, 2.05) is 31.2 Å². The zero-order valence-electron chi connectivity index (χ0n) is 12.6. The minimum absolute atomic E-state index is 0.0226. The molecule has 2 heterocycles. The van der Waals surface area contributed by atoms with Gasteiger partial charge in [-0.1, -0.05) is 6.07 Å². The van der Waals surface area contributed by atoms with Gasteiger partial charge in [0.15, 0.2) is 11.5 Å². The summed E-state index contributed by atoms with van der Waals surface area (Å²) in [5, 5.41) is 2.94. The molecule has 0 saturated heterocycles. The van der Waals surface area contributed by atoms with Crippen LogP contribution in [0.15, 0.2) is 34.9 Å². The smallest absolute Gasteiger partial charge is 0.236 e. The Bertz CT molecular complexity index is 802. The molecule has 1 saturated carbocycles. The van der Waals surface area contributed by atoms with Gasteiger partial charge in [0.1, 0.15) is 5.82 Å². The van der Waals surface area contributed by atoms with Crippen LogP contribution in [0.4, 0.5) is 5.82 Å². The summed E-state index contributed by atoms with van der Waals surface area (Å²) < 4.78 is 11.7. The van der Waals surface area contributed by atoms with Crippen molar-refractivity contribution in [1.82, 2.24) is 4.98 Å². The van der Waals surface area contributed by atoms with Gasteiger partial charge in [-0.2, -0.15) is 0 Å². The van der Waals surface area contributed by atoms with Crippen molar-refractivity contribution in [3.05, 3.63) is 46.1 Å². The second-order valence-corrected chi connectivity index (χ2v) is 6.78. The third kappa shape index (κ3) is 2.47. The quantitative estimate of drug-likeness (QED) is 0.892. The molecule has 1 aliphatic heterocycles. The van der Waals surface area contributed by atoms with E-state index in [0.29, 0.717) is 11.6 Å². The fraction of sp³-hybridized carbons (Fsp3) is 0.294. The van der Waals surface area contributed by atoms with Gasteiger partial charge in [0.2, 0.25) is 12.7 Å². The van der Waals surface area contributed by atoms with Crippen molar-refractivity contribution in [2.45, 2.75) is 25.2 Å². The van der Waals surface area contributed by atoms with Crippen LogP contribution in [0.2, 0.25) is 0 Å². The van der Waals surface area contributed by atoms with E-state index >= 15 is 0 Å². The van der Waals surface area contributed by atoms with Gasteiger partial charge in [-0.15, -0.1) is 0 Å². The van der Waals surface area contributed by atoms with Crippen LogP contribution in [0.3, 0.4) is 0 Å². The number of carbonyl (C=O) groups excluding carboxylic acids is 1. The maximum atomic E-state index is 12.8. The highest BCUT2D eigenvalue weighted by Gasteiger charge is 2.51. The lowest BCUT2D eigenvalue weighted by Crippen LogP contribution is -2.28.